The van der Waals surface area contributed by atoms with Crippen molar-refractivity contribution >= 4 is 22.5 Å². The smallest absolute Gasteiger partial charge is 0.0933 e. The molecule has 3 aromatic rings. The van der Waals surface area contributed by atoms with Gasteiger partial charge in [-0.25, -0.2) is 0 Å². The molecule has 0 aliphatic carbocycles. The third-order valence-electron chi connectivity index (χ3n) is 3.15. The largest absolute Gasteiger partial charge is 0.356 e. The summed E-state index contributed by atoms with van der Waals surface area (Å²) < 4.78 is 0. The van der Waals surface area contributed by atoms with Crippen LogP contribution in [0.15, 0.2) is 54.6 Å². The molecule has 0 fully saturated rings. The van der Waals surface area contributed by atoms with Crippen LogP contribution in [0.5, 0.6) is 0 Å². The highest BCUT2D eigenvalue weighted by Crippen LogP contribution is 2.26. The molecule has 0 atom stereocenters. The number of hydrogen-bond donors (Lipinski definition) is 2. The van der Waals surface area contributed by atoms with Crippen molar-refractivity contribution in [3.8, 4) is 0 Å². The van der Waals surface area contributed by atoms with Gasteiger partial charge in [-0.05, 0) is 11.6 Å². The van der Waals surface area contributed by atoms with Gasteiger partial charge in [0.2, 0.25) is 0 Å². The lowest BCUT2D eigenvalue weighted by molar-refractivity contribution is 0.0230. The summed E-state index contributed by atoms with van der Waals surface area (Å²) in [6, 6.07) is 18.0. The Morgan fingerprint density at radius 1 is 1.00 bits per heavy atom. The summed E-state index contributed by atoms with van der Waals surface area (Å²) in [5, 5.41) is 1.78. The van der Waals surface area contributed by atoms with E-state index in [0.717, 1.165) is 27.2 Å². The summed E-state index contributed by atoms with van der Waals surface area (Å²) in [5.74, 6) is 0. The third-order valence-corrected chi connectivity index (χ3v) is 3.58. The van der Waals surface area contributed by atoms with Gasteiger partial charge in [0, 0.05) is 10.9 Å². The number of H-pyrrole nitrogens is 1. The van der Waals surface area contributed by atoms with Crippen LogP contribution >= 0.6 is 11.6 Å². The summed E-state index contributed by atoms with van der Waals surface area (Å²) in [7, 11) is 0. The first-order valence-corrected chi connectivity index (χ1v) is 6.86. The summed E-state index contributed by atoms with van der Waals surface area (Å²) >= 11 is 6.33. The average Bonchev–Trinajstić information content (AvgIpc) is 2.82. The molecule has 0 bridgehead atoms. The van der Waals surface area contributed by atoms with Crippen molar-refractivity contribution in [2.24, 2.45) is 0 Å². The van der Waals surface area contributed by atoms with E-state index in [9.17, 15) is 0 Å². The topological polar surface area (TPSA) is 37.0 Å². The predicted octanol–water partition coefficient (Wildman–Crippen LogP) is 4.04. The van der Waals surface area contributed by atoms with Crippen LogP contribution in [0.3, 0.4) is 0 Å². The van der Waals surface area contributed by atoms with Crippen LogP contribution in [-0.4, -0.2) is 4.98 Å². The van der Waals surface area contributed by atoms with Crippen molar-refractivity contribution in [1.29, 1.82) is 0 Å². The van der Waals surface area contributed by atoms with Gasteiger partial charge in [0.1, 0.15) is 0 Å². The molecule has 0 aliphatic rings. The Balaban J connectivity index is 1.59. The van der Waals surface area contributed by atoms with Crippen LogP contribution in [0.25, 0.3) is 10.9 Å². The zero-order valence-electron chi connectivity index (χ0n) is 10.9. The molecule has 3 rings (SSSR count). The third kappa shape index (κ3) is 2.85. The fourth-order valence-electron chi connectivity index (χ4n) is 2.12. The second kappa shape index (κ2) is 6.09. The minimum Gasteiger partial charge on any atom is -0.356 e. The zero-order valence-corrected chi connectivity index (χ0v) is 11.7. The van der Waals surface area contributed by atoms with E-state index in [1.165, 1.54) is 0 Å². The van der Waals surface area contributed by atoms with Crippen molar-refractivity contribution in [1.82, 2.24) is 10.5 Å². The highest BCUT2D eigenvalue weighted by atomic mass is 35.5. The van der Waals surface area contributed by atoms with Gasteiger partial charge in [-0.2, -0.15) is 5.48 Å². The number of nitrogens with one attached hydrogen (secondary N) is 2. The summed E-state index contributed by atoms with van der Waals surface area (Å²) in [6.07, 6.45) is 0. The van der Waals surface area contributed by atoms with E-state index in [1.54, 1.807) is 0 Å². The molecule has 1 heterocycles. The number of aromatic amines is 1. The molecule has 2 aromatic carbocycles. The monoisotopic (exact) mass is 286 g/mol. The fraction of sp³-hybridized carbons (Fsp3) is 0.125. The van der Waals surface area contributed by atoms with E-state index in [0.29, 0.717) is 13.2 Å². The molecule has 0 saturated carbocycles. The molecular formula is C16H15ClN2O. The second-order valence-corrected chi connectivity index (χ2v) is 4.94. The standard InChI is InChI=1S/C16H15ClN2O/c17-16-13-8-4-5-9-14(13)19-15(16)10-18-20-11-12-6-2-1-3-7-12/h1-9,18-19H,10-11H2. The Morgan fingerprint density at radius 3 is 2.55 bits per heavy atom. The number of aromatic nitrogens is 1. The van der Waals surface area contributed by atoms with Crippen molar-refractivity contribution in [3.63, 3.8) is 0 Å². The molecule has 0 radical (unpaired) electrons. The maximum absolute atomic E-state index is 6.33. The first-order valence-electron chi connectivity index (χ1n) is 6.48. The maximum atomic E-state index is 6.33. The second-order valence-electron chi connectivity index (χ2n) is 4.56. The lowest BCUT2D eigenvalue weighted by Crippen LogP contribution is -2.14. The molecule has 3 nitrogen and oxygen atoms in total. The summed E-state index contributed by atoms with van der Waals surface area (Å²) in [6.45, 7) is 1.07. The Labute approximate surface area is 122 Å². The highest BCUT2D eigenvalue weighted by Gasteiger charge is 2.08. The number of rotatable bonds is 5. The van der Waals surface area contributed by atoms with E-state index in [2.05, 4.69) is 10.5 Å². The van der Waals surface area contributed by atoms with Gasteiger partial charge in [-0.1, -0.05) is 60.1 Å². The molecule has 0 aliphatic heterocycles. The summed E-state index contributed by atoms with van der Waals surface area (Å²) in [5.41, 5.74) is 6.03. The van der Waals surface area contributed by atoms with E-state index in [1.807, 2.05) is 54.6 Å². The molecule has 2 N–H and O–H groups in total. The maximum Gasteiger partial charge on any atom is 0.0933 e. The van der Waals surface area contributed by atoms with Gasteiger partial charge in [0.15, 0.2) is 0 Å². The minimum absolute atomic E-state index is 0.526. The number of para-hydroxylation sites is 1. The molecule has 0 spiro atoms. The van der Waals surface area contributed by atoms with Gasteiger partial charge in [0.05, 0.1) is 23.9 Å². The number of hydrogen-bond acceptors (Lipinski definition) is 2. The average molecular weight is 287 g/mol. The zero-order chi connectivity index (χ0) is 13.8. The molecule has 102 valence electrons. The molecule has 0 saturated heterocycles. The molecule has 1 aromatic heterocycles. The van der Waals surface area contributed by atoms with E-state index in [4.69, 9.17) is 16.4 Å². The molecule has 0 unspecified atom stereocenters. The van der Waals surface area contributed by atoms with Crippen molar-refractivity contribution in [2.75, 3.05) is 0 Å². The van der Waals surface area contributed by atoms with Gasteiger partial charge >= 0.3 is 0 Å². The predicted molar refractivity (Wildman–Crippen MR) is 81.4 cm³/mol. The normalized spacial score (nSPS) is 11.1. The van der Waals surface area contributed by atoms with Crippen molar-refractivity contribution < 1.29 is 4.84 Å². The van der Waals surface area contributed by atoms with Gasteiger partial charge < -0.3 is 4.98 Å². The number of fused-ring (bicyclic) bond motifs is 1. The van der Waals surface area contributed by atoms with Crippen molar-refractivity contribution in [2.45, 2.75) is 13.2 Å². The Morgan fingerprint density at radius 2 is 1.75 bits per heavy atom. The Hall–Kier alpha value is -1.81. The summed E-state index contributed by atoms with van der Waals surface area (Å²) in [4.78, 5) is 8.73. The number of halogens is 1. The fourth-order valence-corrected chi connectivity index (χ4v) is 2.40. The lowest BCUT2D eigenvalue weighted by Gasteiger charge is -2.05. The van der Waals surface area contributed by atoms with Gasteiger partial charge in [0.25, 0.3) is 0 Å². The van der Waals surface area contributed by atoms with Crippen LogP contribution in [0.4, 0.5) is 0 Å². The number of hydroxylamine groups is 1. The van der Waals surface area contributed by atoms with Crippen LogP contribution in [0.1, 0.15) is 11.3 Å². The SMILES string of the molecule is Clc1c(CNOCc2ccccc2)[nH]c2ccccc12. The molecule has 4 heteroatoms. The van der Waals surface area contributed by atoms with Crippen molar-refractivity contribution in [3.05, 3.63) is 70.9 Å². The first kappa shape index (κ1) is 13.2. The van der Waals surface area contributed by atoms with Crippen LogP contribution in [0, 0.1) is 0 Å². The van der Waals surface area contributed by atoms with Crippen LogP contribution in [0.2, 0.25) is 5.02 Å². The molecule has 0 amide bonds. The van der Waals surface area contributed by atoms with E-state index in [-0.39, 0.29) is 0 Å². The Bertz CT molecular complexity index is 694. The Kier molecular flexibility index (Phi) is 4.02. The number of benzene rings is 2. The minimum atomic E-state index is 0.526. The first-order chi connectivity index (χ1) is 9.84. The quantitative estimate of drug-likeness (QED) is 0.548. The van der Waals surface area contributed by atoms with Gasteiger partial charge in [-0.15, -0.1) is 0 Å². The van der Waals surface area contributed by atoms with Gasteiger partial charge in [-0.3, -0.25) is 4.84 Å². The molecular weight excluding hydrogens is 272 g/mol. The van der Waals surface area contributed by atoms with E-state index < -0.39 is 0 Å². The lowest BCUT2D eigenvalue weighted by atomic mass is 10.2. The van der Waals surface area contributed by atoms with Crippen LogP contribution in [-0.2, 0) is 18.0 Å². The molecule has 20 heavy (non-hydrogen) atoms. The highest BCUT2D eigenvalue weighted by molar-refractivity contribution is 6.36. The van der Waals surface area contributed by atoms with Crippen LogP contribution < -0.4 is 5.48 Å². The van der Waals surface area contributed by atoms with E-state index >= 15 is 0 Å².